The quantitative estimate of drug-likeness (QED) is 0.844. The summed E-state index contributed by atoms with van der Waals surface area (Å²) in [5.74, 6) is -2.02. The van der Waals surface area contributed by atoms with Gasteiger partial charge in [-0.15, -0.1) is 0 Å². The standard InChI is InChI=1S/C10H11BrF2O2/c1-10(2,14)7-8(13)6(12)4-5(11)9(7)15-3/h4,14H,1-3H3. The van der Waals surface area contributed by atoms with E-state index in [1.165, 1.54) is 21.0 Å². The minimum atomic E-state index is -1.51. The highest BCUT2D eigenvalue weighted by molar-refractivity contribution is 9.10. The highest BCUT2D eigenvalue weighted by Crippen LogP contribution is 2.38. The second kappa shape index (κ2) is 4.06. The Labute approximate surface area is 95.0 Å². The van der Waals surface area contributed by atoms with Gasteiger partial charge in [0.2, 0.25) is 0 Å². The smallest absolute Gasteiger partial charge is 0.168 e. The first-order valence-electron chi connectivity index (χ1n) is 4.23. The maximum Gasteiger partial charge on any atom is 0.168 e. The molecule has 0 aliphatic carbocycles. The van der Waals surface area contributed by atoms with Crippen molar-refractivity contribution in [2.45, 2.75) is 19.4 Å². The van der Waals surface area contributed by atoms with Crippen molar-refractivity contribution in [2.75, 3.05) is 7.11 Å². The van der Waals surface area contributed by atoms with Crippen LogP contribution in [0.25, 0.3) is 0 Å². The summed E-state index contributed by atoms with van der Waals surface area (Å²) < 4.78 is 31.8. The first kappa shape index (κ1) is 12.4. The maximum absolute atomic E-state index is 13.5. The molecule has 0 bridgehead atoms. The third-order valence-electron chi connectivity index (χ3n) is 1.94. The SMILES string of the molecule is COc1c(Br)cc(F)c(F)c1C(C)(C)O. The monoisotopic (exact) mass is 280 g/mol. The highest BCUT2D eigenvalue weighted by Gasteiger charge is 2.29. The predicted molar refractivity (Wildman–Crippen MR) is 55.9 cm³/mol. The Morgan fingerprint density at radius 1 is 1.40 bits per heavy atom. The summed E-state index contributed by atoms with van der Waals surface area (Å²) in [7, 11) is 1.33. The van der Waals surface area contributed by atoms with E-state index in [-0.39, 0.29) is 15.8 Å². The topological polar surface area (TPSA) is 29.5 Å². The van der Waals surface area contributed by atoms with Crippen molar-refractivity contribution in [2.24, 2.45) is 0 Å². The van der Waals surface area contributed by atoms with E-state index in [0.29, 0.717) is 0 Å². The molecule has 0 aromatic heterocycles. The lowest BCUT2D eigenvalue weighted by Gasteiger charge is -2.22. The van der Waals surface area contributed by atoms with Gasteiger partial charge in [0.05, 0.1) is 22.7 Å². The van der Waals surface area contributed by atoms with Gasteiger partial charge in [-0.2, -0.15) is 0 Å². The highest BCUT2D eigenvalue weighted by atomic mass is 79.9. The van der Waals surface area contributed by atoms with Crippen LogP contribution < -0.4 is 4.74 Å². The predicted octanol–water partition coefficient (Wildman–Crippen LogP) is 2.96. The van der Waals surface area contributed by atoms with Gasteiger partial charge in [-0.25, -0.2) is 8.78 Å². The van der Waals surface area contributed by atoms with Gasteiger partial charge in [0.1, 0.15) is 5.75 Å². The second-order valence-electron chi connectivity index (χ2n) is 3.62. The maximum atomic E-state index is 13.5. The largest absolute Gasteiger partial charge is 0.495 e. The van der Waals surface area contributed by atoms with Crippen molar-refractivity contribution in [3.8, 4) is 5.75 Å². The summed E-state index contributed by atoms with van der Waals surface area (Å²) in [6, 6.07) is 0.962. The van der Waals surface area contributed by atoms with Crippen molar-refractivity contribution in [1.82, 2.24) is 0 Å². The first-order chi connectivity index (χ1) is 6.79. The number of benzene rings is 1. The normalized spacial score (nSPS) is 11.7. The van der Waals surface area contributed by atoms with Crippen LogP contribution in [0.1, 0.15) is 19.4 Å². The Kier molecular flexibility index (Phi) is 3.35. The summed E-state index contributed by atoms with van der Waals surface area (Å²) in [5.41, 5.74) is -1.71. The molecule has 5 heteroatoms. The van der Waals surface area contributed by atoms with E-state index in [1.54, 1.807) is 0 Å². The van der Waals surface area contributed by atoms with Crippen LogP contribution in [-0.2, 0) is 5.60 Å². The number of methoxy groups -OCH3 is 1. The van der Waals surface area contributed by atoms with Crippen molar-refractivity contribution < 1.29 is 18.6 Å². The van der Waals surface area contributed by atoms with Crippen LogP contribution >= 0.6 is 15.9 Å². The minimum absolute atomic E-state index is 0.0985. The average molecular weight is 281 g/mol. The molecule has 2 nitrogen and oxygen atoms in total. The van der Waals surface area contributed by atoms with E-state index in [4.69, 9.17) is 4.74 Å². The van der Waals surface area contributed by atoms with E-state index >= 15 is 0 Å². The van der Waals surface area contributed by atoms with E-state index in [2.05, 4.69) is 15.9 Å². The van der Waals surface area contributed by atoms with Gasteiger partial charge in [0, 0.05) is 0 Å². The van der Waals surface area contributed by atoms with Crippen LogP contribution in [0, 0.1) is 11.6 Å². The number of rotatable bonds is 2. The third-order valence-corrected chi connectivity index (χ3v) is 2.53. The number of hydrogen-bond donors (Lipinski definition) is 1. The summed E-state index contributed by atoms with van der Waals surface area (Å²) in [6.07, 6.45) is 0. The number of halogens is 3. The van der Waals surface area contributed by atoms with E-state index in [1.807, 2.05) is 0 Å². The number of aliphatic hydroxyl groups is 1. The Morgan fingerprint density at radius 2 is 1.93 bits per heavy atom. The van der Waals surface area contributed by atoms with Crippen molar-refractivity contribution >= 4 is 15.9 Å². The molecule has 0 aliphatic rings. The van der Waals surface area contributed by atoms with E-state index in [9.17, 15) is 13.9 Å². The van der Waals surface area contributed by atoms with Gasteiger partial charge >= 0.3 is 0 Å². The molecule has 0 atom stereocenters. The van der Waals surface area contributed by atoms with Crippen molar-refractivity contribution in [3.05, 3.63) is 27.7 Å². The summed E-state index contributed by atoms with van der Waals surface area (Å²) >= 11 is 3.04. The lowest BCUT2D eigenvalue weighted by molar-refractivity contribution is 0.0704. The Balaban J connectivity index is 3.59. The third kappa shape index (κ3) is 2.29. The summed E-state index contributed by atoms with van der Waals surface area (Å²) in [4.78, 5) is 0. The summed E-state index contributed by atoms with van der Waals surface area (Å²) in [5, 5.41) is 9.72. The molecule has 0 saturated heterocycles. The van der Waals surface area contributed by atoms with Gasteiger partial charge < -0.3 is 9.84 Å². The van der Waals surface area contributed by atoms with Crippen LogP contribution in [-0.4, -0.2) is 12.2 Å². The number of ether oxygens (including phenoxy) is 1. The molecule has 15 heavy (non-hydrogen) atoms. The molecule has 1 aromatic carbocycles. The number of hydrogen-bond acceptors (Lipinski definition) is 2. The van der Waals surface area contributed by atoms with Crippen molar-refractivity contribution in [1.29, 1.82) is 0 Å². The Bertz CT molecular complexity index is 386. The van der Waals surface area contributed by atoms with E-state index in [0.717, 1.165) is 6.07 Å². The molecular weight excluding hydrogens is 270 g/mol. The minimum Gasteiger partial charge on any atom is -0.495 e. The van der Waals surface area contributed by atoms with Gasteiger partial charge in [0.15, 0.2) is 11.6 Å². The fourth-order valence-corrected chi connectivity index (χ4v) is 1.89. The molecule has 0 amide bonds. The molecular formula is C10H11BrF2O2. The molecule has 1 aromatic rings. The van der Waals surface area contributed by atoms with Crippen LogP contribution in [0.3, 0.4) is 0 Å². The first-order valence-corrected chi connectivity index (χ1v) is 5.02. The van der Waals surface area contributed by atoms with Gasteiger partial charge in [-0.3, -0.25) is 0 Å². The van der Waals surface area contributed by atoms with Crippen LogP contribution in [0.5, 0.6) is 5.75 Å². The molecule has 0 spiro atoms. The fraction of sp³-hybridized carbons (Fsp3) is 0.400. The average Bonchev–Trinajstić information content (AvgIpc) is 2.08. The second-order valence-corrected chi connectivity index (χ2v) is 4.48. The molecule has 0 saturated carbocycles. The van der Waals surface area contributed by atoms with Crippen LogP contribution in [0.4, 0.5) is 8.78 Å². The zero-order valence-electron chi connectivity index (χ0n) is 8.57. The van der Waals surface area contributed by atoms with E-state index < -0.39 is 17.2 Å². The lowest BCUT2D eigenvalue weighted by atomic mass is 9.96. The molecule has 1 rings (SSSR count). The van der Waals surface area contributed by atoms with Crippen LogP contribution in [0.15, 0.2) is 10.5 Å². The van der Waals surface area contributed by atoms with Crippen molar-refractivity contribution in [3.63, 3.8) is 0 Å². The Morgan fingerprint density at radius 3 is 2.33 bits per heavy atom. The molecule has 0 fully saturated rings. The molecule has 84 valence electrons. The lowest BCUT2D eigenvalue weighted by Crippen LogP contribution is -2.20. The molecule has 0 unspecified atom stereocenters. The zero-order valence-corrected chi connectivity index (χ0v) is 10.2. The summed E-state index contributed by atoms with van der Waals surface area (Å²) in [6.45, 7) is 2.72. The molecule has 1 N–H and O–H groups in total. The van der Waals surface area contributed by atoms with Crippen LogP contribution in [0.2, 0.25) is 0 Å². The molecule has 0 radical (unpaired) electrons. The fourth-order valence-electron chi connectivity index (χ4n) is 1.32. The van der Waals surface area contributed by atoms with Gasteiger partial charge in [0.25, 0.3) is 0 Å². The van der Waals surface area contributed by atoms with Gasteiger partial charge in [-0.1, -0.05) is 0 Å². The molecule has 0 aliphatic heterocycles. The molecule has 0 heterocycles. The zero-order chi connectivity index (χ0) is 11.8. The Hall–Kier alpha value is -0.680. The van der Waals surface area contributed by atoms with Gasteiger partial charge in [-0.05, 0) is 35.8 Å².